The van der Waals surface area contributed by atoms with E-state index in [4.69, 9.17) is 18.9 Å². The second-order valence-corrected chi connectivity index (χ2v) is 9.34. The zero-order chi connectivity index (χ0) is 33.9. The number of aromatic nitrogens is 6. The average Bonchev–Trinajstić information content (AvgIpc) is 3.69. The number of nitrogens with zero attached hydrogens (tertiary/aromatic N) is 6. The van der Waals surface area contributed by atoms with E-state index in [1.54, 1.807) is 0 Å². The topological polar surface area (TPSA) is 219 Å². The first-order valence-corrected chi connectivity index (χ1v) is 14.2. The van der Waals surface area contributed by atoms with Crippen LogP contribution < -0.4 is 0 Å². The number of unbranched alkanes of at least 4 members (excludes halogenated alkanes) is 6. The van der Waals surface area contributed by atoms with Crippen molar-refractivity contribution < 1.29 is 57.2 Å². The SMILES string of the molecule is COC(=O)c1nnn(CCCCCCOC(=O)C#CC(=O)OCCCCCCn2nnc(C(=O)OC)c2C(=O)OC)c1C(=O)OC. The van der Waals surface area contributed by atoms with Crippen molar-refractivity contribution in [2.75, 3.05) is 41.7 Å². The summed E-state index contributed by atoms with van der Waals surface area (Å²) in [7, 11) is 4.69. The smallest absolute Gasteiger partial charge is 0.384 e. The van der Waals surface area contributed by atoms with E-state index in [9.17, 15) is 28.8 Å². The zero-order valence-corrected chi connectivity index (χ0v) is 26.1. The predicted octanol–water partition coefficient (Wildman–Crippen LogP) is 0.927. The molecule has 18 nitrogen and oxygen atoms in total. The molecule has 2 rings (SSSR count). The van der Waals surface area contributed by atoms with Gasteiger partial charge in [-0.3, -0.25) is 0 Å². The van der Waals surface area contributed by atoms with Crippen molar-refractivity contribution in [3.63, 3.8) is 0 Å². The van der Waals surface area contributed by atoms with E-state index in [2.05, 4.69) is 41.9 Å². The summed E-state index contributed by atoms with van der Waals surface area (Å²) in [6, 6.07) is 0. The first kappa shape index (κ1) is 36.8. The number of hydrogen-bond acceptors (Lipinski definition) is 16. The maximum atomic E-state index is 12.0. The minimum absolute atomic E-state index is 0.0887. The number of esters is 6. The van der Waals surface area contributed by atoms with Crippen molar-refractivity contribution in [1.82, 2.24) is 30.0 Å². The Morgan fingerprint density at radius 1 is 0.522 bits per heavy atom. The Bertz CT molecular complexity index is 1330. The zero-order valence-electron chi connectivity index (χ0n) is 26.1. The molecule has 0 aliphatic rings. The molecule has 0 unspecified atom stereocenters. The molecule has 0 amide bonds. The minimum Gasteiger partial charge on any atom is -0.464 e. The van der Waals surface area contributed by atoms with Crippen LogP contribution in [0.5, 0.6) is 0 Å². The van der Waals surface area contributed by atoms with E-state index in [0.29, 0.717) is 64.5 Å². The third-order valence-electron chi connectivity index (χ3n) is 6.25. The highest BCUT2D eigenvalue weighted by Gasteiger charge is 2.27. The third-order valence-corrected chi connectivity index (χ3v) is 6.25. The summed E-state index contributed by atoms with van der Waals surface area (Å²) in [4.78, 5) is 71.2. The molecule has 2 aromatic rings. The lowest BCUT2D eigenvalue weighted by Gasteiger charge is -2.06. The van der Waals surface area contributed by atoms with E-state index in [1.807, 2.05) is 0 Å². The lowest BCUT2D eigenvalue weighted by atomic mass is 10.2. The summed E-state index contributed by atoms with van der Waals surface area (Å²) >= 11 is 0. The molecule has 0 saturated heterocycles. The molecule has 0 saturated carbocycles. The van der Waals surface area contributed by atoms with Crippen LogP contribution in [0.3, 0.4) is 0 Å². The van der Waals surface area contributed by atoms with Crippen molar-refractivity contribution in [3.05, 3.63) is 22.8 Å². The molecule has 0 bridgehead atoms. The van der Waals surface area contributed by atoms with Gasteiger partial charge in [0.15, 0.2) is 11.4 Å². The Balaban J connectivity index is 1.58. The van der Waals surface area contributed by atoms with Crippen molar-refractivity contribution in [2.45, 2.75) is 64.5 Å². The lowest BCUT2D eigenvalue weighted by molar-refractivity contribution is -0.138. The van der Waals surface area contributed by atoms with Crippen molar-refractivity contribution in [1.29, 1.82) is 0 Å². The molecular weight excluding hydrogens is 612 g/mol. The molecule has 2 aromatic heterocycles. The molecule has 0 atom stereocenters. The maximum absolute atomic E-state index is 12.0. The van der Waals surface area contributed by atoms with Gasteiger partial charge in [0, 0.05) is 24.9 Å². The molecule has 0 aliphatic heterocycles. The Kier molecular flexibility index (Phi) is 15.9. The van der Waals surface area contributed by atoms with Crippen molar-refractivity contribution >= 4 is 35.8 Å². The van der Waals surface area contributed by atoms with Gasteiger partial charge in [-0.1, -0.05) is 23.3 Å². The molecule has 0 N–H and O–H groups in total. The van der Waals surface area contributed by atoms with Gasteiger partial charge in [-0.2, -0.15) is 0 Å². The van der Waals surface area contributed by atoms with Gasteiger partial charge >= 0.3 is 35.8 Å². The normalized spacial score (nSPS) is 10.3. The molecule has 46 heavy (non-hydrogen) atoms. The standard InChI is InChI=1S/C28H36N6O12/c1-41-25(37)21-23(27(39)43-3)33(31-29-21)15-9-5-7-11-17-45-19(35)13-14-20(36)46-18-12-8-6-10-16-34-24(28(40)44-4)22(30-32-34)26(38)42-2/h5-12,15-18H2,1-4H3. The van der Waals surface area contributed by atoms with Gasteiger partial charge in [-0.05, 0) is 38.5 Å². The van der Waals surface area contributed by atoms with Crippen LogP contribution in [0.2, 0.25) is 0 Å². The van der Waals surface area contributed by atoms with Gasteiger partial charge in [0.1, 0.15) is 0 Å². The number of carbonyl (C=O) groups is 6. The van der Waals surface area contributed by atoms with Crippen molar-refractivity contribution in [3.8, 4) is 11.8 Å². The van der Waals surface area contributed by atoms with Gasteiger partial charge in [-0.15, -0.1) is 10.2 Å². The third kappa shape index (κ3) is 11.3. The van der Waals surface area contributed by atoms with Gasteiger partial charge in [-0.25, -0.2) is 38.1 Å². The molecule has 2 heterocycles. The van der Waals surface area contributed by atoms with Gasteiger partial charge in [0.2, 0.25) is 11.4 Å². The first-order valence-electron chi connectivity index (χ1n) is 14.2. The van der Waals surface area contributed by atoms with Crippen LogP contribution in [0.4, 0.5) is 0 Å². The van der Waals surface area contributed by atoms with E-state index >= 15 is 0 Å². The first-order chi connectivity index (χ1) is 22.2. The van der Waals surface area contributed by atoms with Crippen LogP contribution in [0.15, 0.2) is 0 Å². The fourth-order valence-corrected chi connectivity index (χ4v) is 3.94. The van der Waals surface area contributed by atoms with Crippen LogP contribution in [-0.4, -0.2) is 107 Å². The summed E-state index contributed by atoms with van der Waals surface area (Å²) in [6.07, 6.45) is 5.07. The van der Waals surface area contributed by atoms with Gasteiger partial charge in [0.25, 0.3) is 0 Å². The maximum Gasteiger partial charge on any atom is 0.384 e. The summed E-state index contributed by atoms with van der Waals surface area (Å²) < 4.78 is 31.2. The van der Waals surface area contributed by atoms with Gasteiger partial charge in [0.05, 0.1) is 41.7 Å². The summed E-state index contributed by atoms with van der Waals surface area (Å²) in [5, 5.41) is 15.0. The number of methoxy groups -OCH3 is 4. The minimum atomic E-state index is -0.854. The van der Waals surface area contributed by atoms with Crippen molar-refractivity contribution in [2.24, 2.45) is 0 Å². The second-order valence-electron chi connectivity index (χ2n) is 9.34. The Labute approximate surface area is 263 Å². The molecule has 250 valence electrons. The molecule has 0 aromatic carbocycles. The predicted molar refractivity (Wildman–Crippen MR) is 152 cm³/mol. The average molecular weight is 649 g/mol. The second kappa shape index (κ2) is 19.8. The Morgan fingerprint density at radius 3 is 1.22 bits per heavy atom. The highest BCUT2D eigenvalue weighted by Crippen LogP contribution is 2.12. The lowest BCUT2D eigenvalue weighted by Crippen LogP contribution is -2.16. The van der Waals surface area contributed by atoms with Crippen LogP contribution in [0.1, 0.15) is 93.3 Å². The monoisotopic (exact) mass is 648 g/mol. The number of aryl methyl sites for hydroxylation is 2. The van der Waals surface area contributed by atoms with Crippen LogP contribution in [0, 0.1) is 11.8 Å². The largest absolute Gasteiger partial charge is 0.464 e. The summed E-state index contributed by atoms with van der Waals surface area (Å²) in [5.74, 6) is -0.643. The van der Waals surface area contributed by atoms with E-state index in [-0.39, 0.29) is 36.0 Å². The molecule has 0 fully saturated rings. The Hall–Kier alpha value is -5.34. The fraction of sp³-hybridized carbons (Fsp3) is 0.571. The molecule has 0 spiro atoms. The summed E-state index contributed by atoms with van der Waals surface area (Å²) in [6.45, 7) is 0.820. The molecular formula is C28H36N6O12. The quantitative estimate of drug-likeness (QED) is 0.0721. The molecule has 0 aliphatic carbocycles. The van der Waals surface area contributed by atoms with Crippen LogP contribution >= 0.6 is 0 Å². The highest BCUT2D eigenvalue weighted by atomic mass is 16.5. The molecule has 0 radical (unpaired) electrons. The van der Waals surface area contributed by atoms with Gasteiger partial charge < -0.3 is 28.4 Å². The number of ether oxygens (including phenoxy) is 6. The number of rotatable bonds is 18. The van der Waals surface area contributed by atoms with E-state index < -0.39 is 35.8 Å². The van der Waals surface area contributed by atoms with Crippen LogP contribution in [-0.2, 0) is 51.1 Å². The molecule has 18 heteroatoms. The summed E-state index contributed by atoms with van der Waals surface area (Å²) in [5.41, 5.74) is -0.625. The highest BCUT2D eigenvalue weighted by molar-refractivity contribution is 6.01. The van der Waals surface area contributed by atoms with E-state index in [1.165, 1.54) is 37.8 Å². The fourth-order valence-electron chi connectivity index (χ4n) is 3.94. The number of carbonyl (C=O) groups excluding carboxylic acids is 6. The van der Waals surface area contributed by atoms with E-state index in [0.717, 1.165) is 0 Å². The number of hydrogen-bond donors (Lipinski definition) is 0. The van der Waals surface area contributed by atoms with Crippen LogP contribution in [0.25, 0.3) is 0 Å². The Morgan fingerprint density at radius 2 is 0.870 bits per heavy atom.